The van der Waals surface area contributed by atoms with Gasteiger partial charge in [-0.3, -0.25) is 14.2 Å². The van der Waals surface area contributed by atoms with Crippen molar-refractivity contribution in [2.45, 2.75) is 47.6 Å². The summed E-state index contributed by atoms with van der Waals surface area (Å²) >= 11 is 0. The van der Waals surface area contributed by atoms with Crippen molar-refractivity contribution in [2.75, 3.05) is 5.32 Å². The predicted octanol–water partition coefficient (Wildman–Crippen LogP) is 2.84. The molecule has 7 heteroatoms. The predicted molar refractivity (Wildman–Crippen MR) is 115 cm³/mol. The third-order valence-corrected chi connectivity index (χ3v) is 5.26. The molecular formula is C22H26N4O3. The number of aryl methyl sites for hydroxylation is 6. The Morgan fingerprint density at radius 2 is 1.59 bits per heavy atom. The number of amides is 1. The molecule has 2 heterocycles. The van der Waals surface area contributed by atoms with Crippen LogP contribution in [0.4, 0.5) is 5.69 Å². The molecule has 1 atom stereocenters. The third kappa shape index (κ3) is 3.48. The van der Waals surface area contributed by atoms with Crippen molar-refractivity contribution in [1.29, 1.82) is 0 Å². The molecule has 0 aliphatic heterocycles. The van der Waals surface area contributed by atoms with E-state index in [4.69, 9.17) is 0 Å². The van der Waals surface area contributed by atoms with Crippen LogP contribution in [0.2, 0.25) is 0 Å². The zero-order valence-electron chi connectivity index (χ0n) is 17.9. The van der Waals surface area contributed by atoms with Crippen LogP contribution in [0.1, 0.15) is 40.9 Å². The van der Waals surface area contributed by atoms with Gasteiger partial charge in [-0.05, 0) is 64.3 Å². The Morgan fingerprint density at radius 1 is 1.00 bits per heavy atom. The number of hydrogen-bond donors (Lipinski definition) is 1. The Labute approximate surface area is 169 Å². The highest BCUT2D eigenvalue weighted by Crippen LogP contribution is 2.23. The number of carbonyl (C=O) groups excluding carboxylic acids is 1. The van der Waals surface area contributed by atoms with Gasteiger partial charge in [0.05, 0.1) is 5.39 Å². The van der Waals surface area contributed by atoms with Crippen molar-refractivity contribution < 1.29 is 4.79 Å². The molecule has 29 heavy (non-hydrogen) atoms. The zero-order chi connectivity index (χ0) is 21.6. The Kier molecular flexibility index (Phi) is 5.17. The van der Waals surface area contributed by atoms with Crippen LogP contribution in [0.5, 0.6) is 0 Å². The summed E-state index contributed by atoms with van der Waals surface area (Å²) in [7, 11) is 1.56. The SMILES string of the molecule is Cc1cc(C)c(NC(=O)C(C)n2c(=O)c3c(C)cc(C)nc3n(C)c2=O)c(C)c1. The van der Waals surface area contributed by atoms with Crippen LogP contribution >= 0.6 is 0 Å². The molecule has 1 N–H and O–H groups in total. The van der Waals surface area contributed by atoms with E-state index in [9.17, 15) is 14.4 Å². The van der Waals surface area contributed by atoms with Crippen LogP contribution in [0.15, 0.2) is 27.8 Å². The van der Waals surface area contributed by atoms with Crippen molar-refractivity contribution in [1.82, 2.24) is 14.1 Å². The molecule has 1 aromatic carbocycles. The maximum absolute atomic E-state index is 13.1. The first-order valence-electron chi connectivity index (χ1n) is 9.51. The van der Waals surface area contributed by atoms with Crippen molar-refractivity contribution in [3.8, 4) is 0 Å². The maximum Gasteiger partial charge on any atom is 0.333 e. The fourth-order valence-electron chi connectivity index (χ4n) is 3.85. The van der Waals surface area contributed by atoms with E-state index in [1.807, 2.05) is 39.8 Å². The Morgan fingerprint density at radius 3 is 2.17 bits per heavy atom. The van der Waals surface area contributed by atoms with E-state index in [1.165, 1.54) is 4.57 Å². The molecule has 0 aliphatic rings. The van der Waals surface area contributed by atoms with Crippen molar-refractivity contribution in [3.05, 3.63) is 67.0 Å². The second-order valence-electron chi connectivity index (χ2n) is 7.73. The number of carbonyl (C=O) groups is 1. The highest BCUT2D eigenvalue weighted by Gasteiger charge is 2.24. The van der Waals surface area contributed by atoms with Gasteiger partial charge in [0.2, 0.25) is 5.91 Å². The third-order valence-electron chi connectivity index (χ3n) is 5.26. The maximum atomic E-state index is 13.1. The molecular weight excluding hydrogens is 368 g/mol. The second-order valence-corrected chi connectivity index (χ2v) is 7.73. The topological polar surface area (TPSA) is 86.0 Å². The molecule has 0 aliphatic carbocycles. The number of aromatic nitrogens is 3. The molecule has 1 amide bonds. The molecule has 0 spiro atoms. The van der Waals surface area contributed by atoms with Crippen molar-refractivity contribution in [3.63, 3.8) is 0 Å². The van der Waals surface area contributed by atoms with E-state index in [0.29, 0.717) is 16.7 Å². The number of pyridine rings is 1. The molecule has 3 aromatic rings. The normalized spacial score (nSPS) is 12.2. The molecule has 2 aromatic heterocycles. The molecule has 7 nitrogen and oxygen atoms in total. The monoisotopic (exact) mass is 394 g/mol. The van der Waals surface area contributed by atoms with E-state index in [1.54, 1.807) is 27.0 Å². The summed E-state index contributed by atoms with van der Waals surface area (Å²) < 4.78 is 2.32. The molecule has 0 saturated carbocycles. The van der Waals surface area contributed by atoms with Gasteiger partial charge in [0.25, 0.3) is 5.56 Å². The van der Waals surface area contributed by atoms with Crippen LogP contribution in [-0.2, 0) is 11.8 Å². The summed E-state index contributed by atoms with van der Waals surface area (Å²) in [6.07, 6.45) is 0. The molecule has 0 saturated heterocycles. The van der Waals surface area contributed by atoms with E-state index < -0.39 is 23.2 Å². The quantitative estimate of drug-likeness (QED) is 0.740. The van der Waals surface area contributed by atoms with E-state index in [0.717, 1.165) is 32.5 Å². The summed E-state index contributed by atoms with van der Waals surface area (Å²) in [6, 6.07) is 4.77. The summed E-state index contributed by atoms with van der Waals surface area (Å²) in [6.45, 7) is 11.0. The van der Waals surface area contributed by atoms with Gasteiger partial charge in [0.1, 0.15) is 11.7 Å². The summed E-state index contributed by atoms with van der Waals surface area (Å²) in [5, 5.41) is 3.23. The van der Waals surface area contributed by atoms with Gasteiger partial charge in [-0.15, -0.1) is 0 Å². The van der Waals surface area contributed by atoms with Gasteiger partial charge in [0, 0.05) is 18.4 Å². The second kappa shape index (κ2) is 7.31. The molecule has 0 radical (unpaired) electrons. The number of fused-ring (bicyclic) bond motifs is 1. The molecule has 152 valence electrons. The number of benzene rings is 1. The lowest BCUT2D eigenvalue weighted by molar-refractivity contribution is -0.119. The first-order valence-corrected chi connectivity index (χ1v) is 9.51. The highest BCUT2D eigenvalue weighted by atomic mass is 16.2. The van der Waals surface area contributed by atoms with Crippen LogP contribution < -0.4 is 16.6 Å². The van der Waals surface area contributed by atoms with Crippen LogP contribution in [0.3, 0.4) is 0 Å². The minimum absolute atomic E-state index is 0.326. The van der Waals surface area contributed by atoms with Gasteiger partial charge in [0.15, 0.2) is 0 Å². The minimum Gasteiger partial charge on any atom is -0.324 e. The van der Waals surface area contributed by atoms with E-state index >= 15 is 0 Å². The lowest BCUT2D eigenvalue weighted by atomic mass is 10.0. The van der Waals surface area contributed by atoms with Gasteiger partial charge < -0.3 is 5.32 Å². The first kappa shape index (κ1) is 20.5. The fourth-order valence-corrected chi connectivity index (χ4v) is 3.85. The zero-order valence-corrected chi connectivity index (χ0v) is 17.9. The number of anilines is 1. The van der Waals surface area contributed by atoms with Crippen LogP contribution in [0.25, 0.3) is 11.0 Å². The first-order chi connectivity index (χ1) is 13.5. The van der Waals surface area contributed by atoms with Crippen molar-refractivity contribution in [2.24, 2.45) is 7.05 Å². The van der Waals surface area contributed by atoms with Gasteiger partial charge in [-0.2, -0.15) is 0 Å². The lowest BCUT2D eigenvalue weighted by Crippen LogP contribution is -2.44. The Hall–Kier alpha value is -3.22. The van der Waals surface area contributed by atoms with Gasteiger partial charge >= 0.3 is 5.69 Å². The van der Waals surface area contributed by atoms with Crippen LogP contribution in [-0.4, -0.2) is 20.0 Å². The number of nitrogens with zero attached hydrogens (tertiary/aromatic N) is 3. The smallest absolute Gasteiger partial charge is 0.324 e. The van der Waals surface area contributed by atoms with E-state index in [2.05, 4.69) is 10.3 Å². The largest absolute Gasteiger partial charge is 0.333 e. The lowest BCUT2D eigenvalue weighted by Gasteiger charge is -2.19. The molecule has 0 bridgehead atoms. The number of hydrogen-bond acceptors (Lipinski definition) is 4. The van der Waals surface area contributed by atoms with E-state index in [-0.39, 0.29) is 0 Å². The fraction of sp³-hybridized carbons (Fsp3) is 0.364. The number of nitrogens with one attached hydrogen (secondary N) is 1. The Balaban J connectivity index is 2.13. The molecule has 1 unspecified atom stereocenters. The minimum atomic E-state index is -0.980. The van der Waals surface area contributed by atoms with Crippen molar-refractivity contribution >= 4 is 22.6 Å². The van der Waals surface area contributed by atoms with Crippen LogP contribution in [0, 0.1) is 34.6 Å². The molecule has 3 rings (SSSR count). The summed E-state index contributed by atoms with van der Waals surface area (Å²) in [4.78, 5) is 43.4. The van der Waals surface area contributed by atoms with Gasteiger partial charge in [-0.1, -0.05) is 17.7 Å². The number of rotatable bonds is 3. The average molecular weight is 394 g/mol. The highest BCUT2D eigenvalue weighted by molar-refractivity contribution is 5.95. The molecule has 0 fully saturated rings. The summed E-state index contributed by atoms with van der Waals surface area (Å²) in [5.74, 6) is -0.420. The average Bonchev–Trinajstić information content (AvgIpc) is 2.61. The Bertz CT molecular complexity index is 1240. The standard InChI is InChI=1S/C22H26N4O3/c1-11-8-13(3)18(14(4)9-11)24-20(27)16(6)26-21(28)17-12(2)10-15(5)23-19(17)25(7)22(26)29/h8-10,16H,1-7H3,(H,24,27). The van der Waals surface area contributed by atoms with Gasteiger partial charge in [-0.25, -0.2) is 14.3 Å². The summed E-state index contributed by atoms with van der Waals surface area (Å²) in [5.41, 5.74) is 4.35.